The van der Waals surface area contributed by atoms with Crippen molar-refractivity contribution >= 4 is 30.1 Å². The van der Waals surface area contributed by atoms with E-state index in [4.69, 9.17) is 21.2 Å². The van der Waals surface area contributed by atoms with E-state index in [2.05, 4.69) is 22.9 Å². The average molecular weight is 262 g/mol. The molecule has 1 aromatic rings. The second-order valence-electron chi connectivity index (χ2n) is 3.45. The summed E-state index contributed by atoms with van der Waals surface area (Å²) < 4.78 is 7.19. The third kappa shape index (κ3) is 1.99. The minimum atomic E-state index is -0.00324. The van der Waals surface area contributed by atoms with E-state index in [0.29, 0.717) is 28.2 Å². The predicted octanol–water partition coefficient (Wildman–Crippen LogP) is 1.85. The first-order valence-electron chi connectivity index (χ1n) is 4.92. The van der Waals surface area contributed by atoms with Crippen molar-refractivity contribution in [2.24, 2.45) is 12.2 Å². The van der Waals surface area contributed by atoms with Gasteiger partial charge in [0.2, 0.25) is 0 Å². The molecular weight excluding hydrogens is 250 g/mol. The van der Waals surface area contributed by atoms with Crippen LogP contribution in [0.25, 0.3) is 0 Å². The molecule has 0 N–H and O–H groups in total. The maximum atomic E-state index is 5.98. The maximum Gasteiger partial charge on any atom is 0.263 e. The van der Waals surface area contributed by atoms with E-state index in [0.717, 1.165) is 6.42 Å². The third-order valence-electron chi connectivity index (χ3n) is 2.33. The van der Waals surface area contributed by atoms with Gasteiger partial charge in [-0.1, -0.05) is 18.5 Å². The quantitative estimate of drug-likeness (QED) is 0.827. The summed E-state index contributed by atoms with van der Waals surface area (Å²) in [5, 5.41) is 8.78. The SMILES string of the molecule is CCC1CON=C(c2c(Cl)nn(C)c2S)O1. The molecule has 0 fully saturated rings. The van der Waals surface area contributed by atoms with Crippen molar-refractivity contribution < 1.29 is 9.57 Å². The Labute approximate surface area is 104 Å². The van der Waals surface area contributed by atoms with Crippen molar-refractivity contribution in [1.82, 2.24) is 9.78 Å². The lowest BCUT2D eigenvalue weighted by Crippen LogP contribution is -2.27. The van der Waals surface area contributed by atoms with Gasteiger partial charge in [-0.05, 0) is 11.6 Å². The zero-order valence-electron chi connectivity index (χ0n) is 8.97. The molecule has 16 heavy (non-hydrogen) atoms. The fourth-order valence-electron chi connectivity index (χ4n) is 1.37. The predicted molar refractivity (Wildman–Crippen MR) is 63.1 cm³/mol. The van der Waals surface area contributed by atoms with Crippen LogP contribution < -0.4 is 0 Å². The van der Waals surface area contributed by atoms with Crippen LogP contribution in [0, 0.1) is 0 Å². The number of aromatic nitrogens is 2. The molecule has 2 heterocycles. The number of hydrogen-bond acceptors (Lipinski definition) is 5. The van der Waals surface area contributed by atoms with Crippen LogP contribution in [-0.4, -0.2) is 28.4 Å². The molecule has 0 saturated carbocycles. The van der Waals surface area contributed by atoms with Gasteiger partial charge >= 0.3 is 0 Å². The molecule has 0 aromatic carbocycles. The van der Waals surface area contributed by atoms with Gasteiger partial charge in [0, 0.05) is 7.05 Å². The van der Waals surface area contributed by atoms with Crippen molar-refractivity contribution in [3.63, 3.8) is 0 Å². The second kappa shape index (κ2) is 4.55. The third-order valence-corrected chi connectivity index (χ3v) is 3.11. The van der Waals surface area contributed by atoms with Crippen LogP contribution in [0.15, 0.2) is 10.2 Å². The lowest BCUT2D eigenvalue weighted by molar-refractivity contribution is 0.00902. The number of hydrogen-bond donors (Lipinski definition) is 1. The van der Waals surface area contributed by atoms with E-state index < -0.39 is 0 Å². The summed E-state index contributed by atoms with van der Waals surface area (Å²) in [7, 11) is 1.75. The first kappa shape index (κ1) is 11.6. The summed E-state index contributed by atoms with van der Waals surface area (Å²) >= 11 is 10.3. The van der Waals surface area contributed by atoms with E-state index >= 15 is 0 Å². The highest BCUT2D eigenvalue weighted by Crippen LogP contribution is 2.25. The molecule has 5 nitrogen and oxygen atoms in total. The van der Waals surface area contributed by atoms with Gasteiger partial charge in [0.25, 0.3) is 5.90 Å². The van der Waals surface area contributed by atoms with Gasteiger partial charge in [0.05, 0.1) is 0 Å². The Morgan fingerprint density at radius 3 is 2.94 bits per heavy atom. The molecule has 1 unspecified atom stereocenters. The van der Waals surface area contributed by atoms with Crippen molar-refractivity contribution in [3.05, 3.63) is 10.7 Å². The van der Waals surface area contributed by atoms with Crippen molar-refractivity contribution in [2.45, 2.75) is 24.5 Å². The van der Waals surface area contributed by atoms with Gasteiger partial charge in [-0.15, -0.1) is 12.6 Å². The number of aryl methyl sites for hydroxylation is 1. The zero-order chi connectivity index (χ0) is 11.7. The van der Waals surface area contributed by atoms with Crippen molar-refractivity contribution in [2.75, 3.05) is 6.61 Å². The van der Waals surface area contributed by atoms with Crippen molar-refractivity contribution in [1.29, 1.82) is 0 Å². The van der Waals surface area contributed by atoms with E-state index in [1.807, 2.05) is 6.92 Å². The summed E-state index contributed by atoms with van der Waals surface area (Å²) in [6.45, 7) is 2.48. The van der Waals surface area contributed by atoms with E-state index in [-0.39, 0.29) is 6.10 Å². The first-order valence-corrected chi connectivity index (χ1v) is 5.74. The fourth-order valence-corrected chi connectivity index (χ4v) is 1.96. The van der Waals surface area contributed by atoms with E-state index in [9.17, 15) is 0 Å². The molecular formula is C9H12ClN3O2S. The normalized spacial score (nSPS) is 20.0. The number of thiol groups is 1. The molecule has 0 radical (unpaired) electrons. The van der Waals surface area contributed by atoms with Crippen molar-refractivity contribution in [3.8, 4) is 0 Å². The number of rotatable bonds is 2. The number of ether oxygens (including phenoxy) is 1. The first-order chi connectivity index (χ1) is 7.63. The van der Waals surface area contributed by atoms with E-state index in [1.54, 1.807) is 11.7 Å². The largest absolute Gasteiger partial charge is 0.468 e. The molecule has 0 bridgehead atoms. The zero-order valence-corrected chi connectivity index (χ0v) is 10.6. The van der Waals surface area contributed by atoms with Gasteiger partial charge in [-0.25, -0.2) is 0 Å². The van der Waals surface area contributed by atoms with Gasteiger partial charge in [-0.3, -0.25) is 4.68 Å². The molecule has 0 aliphatic carbocycles. The summed E-state index contributed by atoms with van der Waals surface area (Å²) in [4.78, 5) is 5.09. The molecule has 0 amide bonds. The molecule has 1 aliphatic heterocycles. The number of nitrogens with zero attached hydrogens (tertiary/aromatic N) is 3. The Morgan fingerprint density at radius 2 is 2.38 bits per heavy atom. The molecule has 88 valence electrons. The Kier molecular flexibility index (Phi) is 3.30. The molecule has 1 aliphatic rings. The second-order valence-corrected chi connectivity index (χ2v) is 4.23. The highest BCUT2D eigenvalue weighted by Gasteiger charge is 2.25. The van der Waals surface area contributed by atoms with Crippen LogP contribution in [0.1, 0.15) is 18.9 Å². The maximum absolute atomic E-state index is 5.98. The Balaban J connectivity index is 2.33. The lowest BCUT2D eigenvalue weighted by atomic mass is 10.3. The highest BCUT2D eigenvalue weighted by atomic mass is 35.5. The van der Waals surface area contributed by atoms with Crippen LogP contribution in [0.3, 0.4) is 0 Å². The molecule has 2 rings (SSSR count). The highest BCUT2D eigenvalue weighted by molar-refractivity contribution is 7.80. The van der Waals surface area contributed by atoms with Crippen LogP contribution in [-0.2, 0) is 16.6 Å². The minimum Gasteiger partial charge on any atom is -0.468 e. The van der Waals surface area contributed by atoms with E-state index in [1.165, 1.54) is 0 Å². The van der Waals surface area contributed by atoms with Gasteiger partial charge < -0.3 is 9.57 Å². The van der Waals surface area contributed by atoms with Crippen LogP contribution in [0.5, 0.6) is 0 Å². The average Bonchev–Trinajstić information content (AvgIpc) is 2.53. The van der Waals surface area contributed by atoms with Crippen LogP contribution in [0.2, 0.25) is 5.15 Å². The molecule has 1 aromatic heterocycles. The number of oxime groups is 1. The summed E-state index contributed by atoms with van der Waals surface area (Å²) in [6.07, 6.45) is 0.843. The number of halogens is 1. The summed E-state index contributed by atoms with van der Waals surface area (Å²) in [5.41, 5.74) is 0.575. The lowest BCUT2D eigenvalue weighted by Gasteiger charge is -2.21. The van der Waals surface area contributed by atoms with Crippen LogP contribution >= 0.6 is 24.2 Å². The Morgan fingerprint density at radius 1 is 1.62 bits per heavy atom. The summed E-state index contributed by atoms with van der Waals surface area (Å²) in [6, 6.07) is 0. The van der Waals surface area contributed by atoms with Gasteiger partial charge in [0.15, 0.2) is 11.8 Å². The minimum absolute atomic E-state index is 0.00324. The Hall–Kier alpha value is -0.880. The topological polar surface area (TPSA) is 48.6 Å². The van der Waals surface area contributed by atoms with Gasteiger partial charge in [0.1, 0.15) is 16.7 Å². The molecule has 1 atom stereocenters. The molecule has 7 heteroatoms. The fraction of sp³-hybridized carbons (Fsp3) is 0.556. The van der Waals surface area contributed by atoms with Crippen LogP contribution in [0.4, 0.5) is 0 Å². The monoisotopic (exact) mass is 261 g/mol. The smallest absolute Gasteiger partial charge is 0.263 e. The Bertz CT molecular complexity index is 433. The van der Waals surface area contributed by atoms with Gasteiger partial charge in [-0.2, -0.15) is 5.10 Å². The molecule has 0 spiro atoms. The standard InChI is InChI=1S/C9H12ClN3O2S/c1-3-5-4-14-12-8(15-5)6-7(10)11-13(2)9(6)16/h5,16H,3-4H2,1-2H3. The summed E-state index contributed by atoms with van der Waals surface area (Å²) in [5.74, 6) is 0.348. The molecule has 0 saturated heterocycles.